The fourth-order valence-electron chi connectivity index (χ4n) is 2.09. The van der Waals surface area contributed by atoms with E-state index in [-0.39, 0.29) is 16.3 Å². The van der Waals surface area contributed by atoms with Crippen molar-refractivity contribution in [1.29, 1.82) is 0 Å². The summed E-state index contributed by atoms with van der Waals surface area (Å²) in [6.07, 6.45) is 2.22. The van der Waals surface area contributed by atoms with Crippen LogP contribution in [-0.2, 0) is 6.42 Å². The lowest BCUT2D eigenvalue weighted by Crippen LogP contribution is -2.17. The van der Waals surface area contributed by atoms with Crippen LogP contribution in [0.2, 0.25) is 5.02 Å². The zero-order chi connectivity index (χ0) is 16.3. The summed E-state index contributed by atoms with van der Waals surface area (Å²) in [5.41, 5.74) is 1.86. The zero-order valence-electron chi connectivity index (χ0n) is 12.6. The number of halogens is 1. The Balaban J connectivity index is 2.41. The molecule has 2 aromatic rings. The molecule has 1 aromatic carbocycles. The second-order valence-corrected chi connectivity index (χ2v) is 5.88. The second-order valence-electron chi connectivity index (χ2n) is 4.67. The molecule has 1 heterocycles. The number of thioether (sulfide) groups is 1. The standard InChI is InChI=1S/C15H17ClN2O3S/c1-4-21-12-7-9(6-11(16)13(12)19)5-10-8(2)17-15(22-3)18-14(10)20/h6-7,19H,4-5H2,1-3H3,(H,17,18,20). The molecule has 22 heavy (non-hydrogen) atoms. The molecule has 0 fully saturated rings. The topological polar surface area (TPSA) is 75.2 Å². The van der Waals surface area contributed by atoms with Crippen LogP contribution >= 0.6 is 23.4 Å². The van der Waals surface area contributed by atoms with Crippen LogP contribution in [0.3, 0.4) is 0 Å². The van der Waals surface area contributed by atoms with E-state index in [1.807, 2.05) is 13.2 Å². The Bertz CT molecular complexity index is 746. The number of H-pyrrole nitrogens is 1. The molecule has 0 saturated carbocycles. The highest BCUT2D eigenvalue weighted by atomic mass is 35.5. The van der Waals surface area contributed by atoms with E-state index < -0.39 is 0 Å². The summed E-state index contributed by atoms with van der Waals surface area (Å²) >= 11 is 7.40. The van der Waals surface area contributed by atoms with Crippen LogP contribution in [0.25, 0.3) is 0 Å². The number of benzene rings is 1. The normalized spacial score (nSPS) is 10.7. The summed E-state index contributed by atoms with van der Waals surface area (Å²) in [6, 6.07) is 3.31. The molecule has 0 saturated heterocycles. The molecule has 0 aliphatic carbocycles. The largest absolute Gasteiger partial charge is 0.503 e. The highest BCUT2D eigenvalue weighted by molar-refractivity contribution is 7.98. The van der Waals surface area contributed by atoms with E-state index in [1.54, 1.807) is 19.1 Å². The number of nitrogens with one attached hydrogen (secondary N) is 1. The Labute approximate surface area is 137 Å². The van der Waals surface area contributed by atoms with E-state index >= 15 is 0 Å². The first kappa shape index (κ1) is 16.7. The Morgan fingerprint density at radius 1 is 1.45 bits per heavy atom. The Hall–Kier alpha value is -1.66. The molecule has 0 amide bonds. The van der Waals surface area contributed by atoms with Gasteiger partial charge in [0.25, 0.3) is 5.56 Å². The monoisotopic (exact) mass is 340 g/mol. The summed E-state index contributed by atoms with van der Waals surface area (Å²) in [5, 5.41) is 10.6. The fourth-order valence-corrected chi connectivity index (χ4v) is 2.74. The maximum atomic E-state index is 12.2. The minimum absolute atomic E-state index is 0.0891. The van der Waals surface area contributed by atoms with Crippen molar-refractivity contribution >= 4 is 23.4 Å². The van der Waals surface area contributed by atoms with Crippen molar-refractivity contribution in [3.63, 3.8) is 0 Å². The number of phenols is 1. The van der Waals surface area contributed by atoms with Crippen molar-refractivity contribution in [1.82, 2.24) is 9.97 Å². The van der Waals surface area contributed by atoms with Gasteiger partial charge in [0.15, 0.2) is 16.7 Å². The van der Waals surface area contributed by atoms with Crippen LogP contribution in [0.1, 0.15) is 23.7 Å². The SMILES string of the molecule is CCOc1cc(Cc2c(C)nc(SC)[nH]c2=O)cc(Cl)c1O. The highest BCUT2D eigenvalue weighted by Crippen LogP contribution is 2.35. The van der Waals surface area contributed by atoms with Gasteiger partial charge >= 0.3 is 0 Å². The van der Waals surface area contributed by atoms with Crippen LogP contribution in [0.15, 0.2) is 22.1 Å². The number of aryl methyl sites for hydroxylation is 1. The summed E-state index contributed by atoms with van der Waals surface area (Å²) < 4.78 is 5.35. The van der Waals surface area contributed by atoms with Crippen molar-refractivity contribution < 1.29 is 9.84 Å². The quantitative estimate of drug-likeness (QED) is 0.646. The van der Waals surface area contributed by atoms with Gasteiger partial charge in [-0.3, -0.25) is 4.79 Å². The van der Waals surface area contributed by atoms with Gasteiger partial charge in [-0.15, -0.1) is 0 Å². The van der Waals surface area contributed by atoms with Crippen molar-refractivity contribution in [2.75, 3.05) is 12.9 Å². The lowest BCUT2D eigenvalue weighted by Gasteiger charge is -2.11. The van der Waals surface area contributed by atoms with Crippen LogP contribution in [0.5, 0.6) is 11.5 Å². The molecule has 1 aromatic heterocycles. The van der Waals surface area contributed by atoms with Crippen molar-refractivity contribution in [3.05, 3.63) is 44.3 Å². The number of hydrogen-bond donors (Lipinski definition) is 2. The first-order valence-electron chi connectivity index (χ1n) is 6.74. The molecule has 0 radical (unpaired) electrons. The van der Waals surface area contributed by atoms with E-state index in [0.29, 0.717) is 35.2 Å². The van der Waals surface area contributed by atoms with Crippen molar-refractivity contribution in [3.8, 4) is 11.5 Å². The van der Waals surface area contributed by atoms with E-state index in [2.05, 4.69) is 9.97 Å². The Morgan fingerprint density at radius 3 is 2.77 bits per heavy atom. The van der Waals surface area contributed by atoms with Gasteiger partial charge in [-0.25, -0.2) is 4.98 Å². The van der Waals surface area contributed by atoms with Gasteiger partial charge in [-0.1, -0.05) is 23.4 Å². The minimum atomic E-state index is -0.168. The number of aromatic hydroxyl groups is 1. The molecule has 0 spiro atoms. The van der Waals surface area contributed by atoms with Gasteiger partial charge < -0.3 is 14.8 Å². The molecule has 5 nitrogen and oxygen atoms in total. The third-order valence-corrected chi connectivity index (χ3v) is 4.03. The maximum absolute atomic E-state index is 12.2. The molecule has 0 bridgehead atoms. The van der Waals surface area contributed by atoms with Gasteiger partial charge in [0.05, 0.1) is 11.6 Å². The predicted molar refractivity (Wildman–Crippen MR) is 88.5 cm³/mol. The number of phenolic OH excluding ortho intramolecular Hbond substituents is 1. The molecule has 0 atom stereocenters. The third kappa shape index (κ3) is 3.56. The fraction of sp³-hybridized carbons (Fsp3) is 0.333. The number of ether oxygens (including phenoxy) is 1. The number of nitrogens with zero attached hydrogens (tertiary/aromatic N) is 1. The average Bonchev–Trinajstić information content (AvgIpc) is 2.47. The van der Waals surface area contributed by atoms with Crippen LogP contribution in [0.4, 0.5) is 0 Å². The van der Waals surface area contributed by atoms with Crippen molar-refractivity contribution in [2.24, 2.45) is 0 Å². The number of aromatic amines is 1. The molecular weight excluding hydrogens is 324 g/mol. The second kappa shape index (κ2) is 7.07. The van der Waals surface area contributed by atoms with Crippen LogP contribution < -0.4 is 10.3 Å². The molecule has 118 valence electrons. The molecule has 2 rings (SSSR count). The highest BCUT2D eigenvalue weighted by Gasteiger charge is 2.13. The summed E-state index contributed by atoms with van der Waals surface area (Å²) in [7, 11) is 0. The van der Waals surface area contributed by atoms with E-state index in [9.17, 15) is 9.90 Å². The molecule has 0 unspecified atom stereocenters. The van der Waals surface area contributed by atoms with E-state index in [0.717, 1.165) is 5.56 Å². The maximum Gasteiger partial charge on any atom is 0.255 e. The molecule has 2 N–H and O–H groups in total. The lowest BCUT2D eigenvalue weighted by atomic mass is 10.0. The van der Waals surface area contributed by atoms with E-state index in [4.69, 9.17) is 16.3 Å². The lowest BCUT2D eigenvalue weighted by molar-refractivity contribution is 0.318. The van der Waals surface area contributed by atoms with Gasteiger partial charge in [-0.2, -0.15) is 0 Å². The molecular formula is C15H17ClN2O3S. The number of rotatable bonds is 5. The zero-order valence-corrected chi connectivity index (χ0v) is 14.1. The summed E-state index contributed by atoms with van der Waals surface area (Å²) in [5.74, 6) is 0.224. The summed E-state index contributed by atoms with van der Waals surface area (Å²) in [6.45, 7) is 4.03. The van der Waals surface area contributed by atoms with E-state index in [1.165, 1.54) is 11.8 Å². The van der Waals surface area contributed by atoms with Crippen LogP contribution in [0, 0.1) is 6.92 Å². The van der Waals surface area contributed by atoms with Gasteiger partial charge in [0.1, 0.15) is 0 Å². The number of aromatic nitrogens is 2. The molecule has 7 heteroatoms. The first-order chi connectivity index (χ1) is 10.5. The van der Waals surface area contributed by atoms with Gasteiger partial charge in [0.2, 0.25) is 0 Å². The van der Waals surface area contributed by atoms with Gasteiger partial charge in [-0.05, 0) is 37.8 Å². The smallest absolute Gasteiger partial charge is 0.255 e. The molecule has 0 aliphatic heterocycles. The van der Waals surface area contributed by atoms with Crippen molar-refractivity contribution in [2.45, 2.75) is 25.4 Å². The first-order valence-corrected chi connectivity index (χ1v) is 8.34. The van der Waals surface area contributed by atoms with Crippen LogP contribution in [-0.4, -0.2) is 27.9 Å². The van der Waals surface area contributed by atoms with Gasteiger partial charge in [0, 0.05) is 17.7 Å². The third-order valence-electron chi connectivity index (χ3n) is 3.16. The minimum Gasteiger partial charge on any atom is -0.503 e. The average molecular weight is 341 g/mol. The summed E-state index contributed by atoms with van der Waals surface area (Å²) in [4.78, 5) is 19.2. The molecule has 0 aliphatic rings. The Morgan fingerprint density at radius 2 is 2.18 bits per heavy atom. The Kier molecular flexibility index (Phi) is 5.37. The predicted octanol–water partition coefficient (Wildman–Crippen LogP) is 3.15. The number of hydrogen-bond acceptors (Lipinski definition) is 5.